The molecule has 0 radical (unpaired) electrons. The number of hydrogen-bond acceptors (Lipinski definition) is 3. The summed E-state index contributed by atoms with van der Waals surface area (Å²) < 4.78 is 19.4. The van der Waals surface area contributed by atoms with Gasteiger partial charge >= 0.3 is 6.03 Å². The third-order valence-corrected chi connectivity index (χ3v) is 4.07. The average Bonchev–Trinajstić information content (AvgIpc) is 3.26. The Balaban J connectivity index is 1.71. The largest absolute Gasteiger partial charge is 0.464 e. The number of amides is 2. The molecule has 1 aliphatic carbocycles. The molecule has 0 unspecified atom stereocenters. The number of furan rings is 1. The van der Waals surface area contributed by atoms with E-state index in [0.29, 0.717) is 24.3 Å². The molecule has 2 amide bonds. The lowest BCUT2D eigenvalue weighted by atomic mass is 10.1. The summed E-state index contributed by atoms with van der Waals surface area (Å²) in [6.07, 6.45) is 4.88. The molecule has 6 heteroatoms. The van der Waals surface area contributed by atoms with E-state index in [9.17, 15) is 9.18 Å². The minimum Gasteiger partial charge on any atom is -0.464 e. The molecule has 1 heterocycles. The molecule has 0 aliphatic heterocycles. The van der Waals surface area contributed by atoms with E-state index in [0.717, 1.165) is 19.3 Å². The first-order valence-corrected chi connectivity index (χ1v) is 8.21. The summed E-state index contributed by atoms with van der Waals surface area (Å²) in [6.45, 7) is 0.677. The van der Waals surface area contributed by atoms with Gasteiger partial charge < -0.3 is 19.7 Å². The molecule has 24 heavy (non-hydrogen) atoms. The quantitative estimate of drug-likeness (QED) is 0.757. The van der Waals surface area contributed by atoms with Gasteiger partial charge in [0.1, 0.15) is 11.6 Å². The number of anilines is 1. The van der Waals surface area contributed by atoms with E-state index < -0.39 is 5.82 Å². The number of nitrogens with one attached hydrogen (secondary N) is 1. The molecule has 1 fully saturated rings. The molecule has 128 valence electrons. The summed E-state index contributed by atoms with van der Waals surface area (Å²) in [5, 5.41) is 11.6. The van der Waals surface area contributed by atoms with E-state index in [-0.39, 0.29) is 24.4 Å². The number of nitrogens with zero attached hydrogens (tertiary/aromatic N) is 1. The molecule has 0 spiro atoms. The number of halogens is 1. The fraction of sp³-hybridized carbons (Fsp3) is 0.389. The minimum atomic E-state index is -0.482. The highest BCUT2D eigenvalue weighted by molar-refractivity contribution is 5.90. The van der Waals surface area contributed by atoms with Gasteiger partial charge in [0.2, 0.25) is 0 Å². The predicted octanol–water partition coefficient (Wildman–Crippen LogP) is 3.85. The van der Waals surface area contributed by atoms with Crippen molar-refractivity contribution in [2.24, 2.45) is 0 Å². The van der Waals surface area contributed by atoms with Gasteiger partial charge in [0, 0.05) is 24.8 Å². The fourth-order valence-corrected chi connectivity index (χ4v) is 2.63. The van der Waals surface area contributed by atoms with Gasteiger partial charge in [-0.15, -0.1) is 0 Å². The molecule has 1 aliphatic rings. The topological polar surface area (TPSA) is 65.7 Å². The second-order valence-electron chi connectivity index (χ2n) is 5.96. The van der Waals surface area contributed by atoms with E-state index in [4.69, 9.17) is 9.52 Å². The van der Waals surface area contributed by atoms with Gasteiger partial charge in [-0.1, -0.05) is 0 Å². The van der Waals surface area contributed by atoms with Crippen molar-refractivity contribution < 1.29 is 18.7 Å². The van der Waals surface area contributed by atoms with Crippen molar-refractivity contribution in [2.45, 2.75) is 31.7 Å². The number of rotatable bonds is 7. The summed E-state index contributed by atoms with van der Waals surface area (Å²) in [7, 11) is 0. The summed E-state index contributed by atoms with van der Waals surface area (Å²) in [6, 6.07) is 7.97. The molecule has 0 atom stereocenters. The van der Waals surface area contributed by atoms with Crippen LogP contribution in [0.4, 0.5) is 14.9 Å². The normalized spacial score (nSPS) is 13.8. The second kappa shape index (κ2) is 7.49. The van der Waals surface area contributed by atoms with Crippen molar-refractivity contribution in [3.05, 3.63) is 42.4 Å². The Labute approximate surface area is 140 Å². The van der Waals surface area contributed by atoms with Gasteiger partial charge in [0.05, 0.1) is 12.0 Å². The average molecular weight is 332 g/mol. The Morgan fingerprint density at radius 3 is 2.83 bits per heavy atom. The molecule has 1 aromatic carbocycles. The monoisotopic (exact) mass is 332 g/mol. The lowest BCUT2D eigenvalue weighted by molar-refractivity contribution is 0.204. The number of carbonyl (C=O) groups is 1. The number of aliphatic hydroxyl groups excluding tert-OH is 1. The highest BCUT2D eigenvalue weighted by Crippen LogP contribution is 2.29. The van der Waals surface area contributed by atoms with Crippen LogP contribution in [0.1, 0.15) is 25.7 Å². The van der Waals surface area contributed by atoms with E-state index in [2.05, 4.69) is 5.32 Å². The van der Waals surface area contributed by atoms with Crippen molar-refractivity contribution in [3.63, 3.8) is 0 Å². The first kappa shape index (κ1) is 16.5. The van der Waals surface area contributed by atoms with Gasteiger partial charge in [-0.05, 0) is 56.0 Å². The van der Waals surface area contributed by atoms with Crippen molar-refractivity contribution >= 4 is 11.7 Å². The Morgan fingerprint density at radius 2 is 2.17 bits per heavy atom. The SMILES string of the molecule is O=C(Nc1cc(-c2ccco2)ccc1F)N(CCCCO)C1CC1. The van der Waals surface area contributed by atoms with Crippen LogP contribution in [0.15, 0.2) is 41.0 Å². The zero-order valence-electron chi connectivity index (χ0n) is 13.4. The summed E-state index contributed by atoms with van der Waals surface area (Å²) in [5.74, 6) is 0.136. The lowest BCUT2D eigenvalue weighted by Crippen LogP contribution is -2.37. The molecule has 1 aromatic heterocycles. The summed E-state index contributed by atoms with van der Waals surface area (Å²) >= 11 is 0. The zero-order chi connectivity index (χ0) is 16.9. The standard InChI is InChI=1S/C18H21FN2O3/c19-15-8-5-13(17-4-3-11-24-17)12-16(15)20-18(23)21(14-6-7-14)9-1-2-10-22/h3-5,8,11-12,14,22H,1-2,6-7,9-10H2,(H,20,23). The van der Waals surface area contributed by atoms with Crippen LogP contribution in [0.5, 0.6) is 0 Å². The van der Waals surface area contributed by atoms with E-state index in [1.165, 1.54) is 6.07 Å². The molecule has 0 saturated heterocycles. The van der Waals surface area contributed by atoms with Crippen molar-refractivity contribution in [1.82, 2.24) is 4.90 Å². The van der Waals surface area contributed by atoms with Gasteiger partial charge in [-0.3, -0.25) is 0 Å². The third-order valence-electron chi connectivity index (χ3n) is 4.07. The Kier molecular flexibility index (Phi) is 5.15. The van der Waals surface area contributed by atoms with Gasteiger partial charge in [0.25, 0.3) is 0 Å². The number of benzene rings is 1. The predicted molar refractivity (Wildman–Crippen MR) is 89.2 cm³/mol. The van der Waals surface area contributed by atoms with Crippen LogP contribution >= 0.6 is 0 Å². The van der Waals surface area contributed by atoms with Crippen LogP contribution in [-0.2, 0) is 0 Å². The van der Waals surface area contributed by atoms with Crippen LogP contribution in [0, 0.1) is 5.82 Å². The van der Waals surface area contributed by atoms with Crippen molar-refractivity contribution in [3.8, 4) is 11.3 Å². The first-order valence-electron chi connectivity index (χ1n) is 8.21. The molecule has 1 saturated carbocycles. The van der Waals surface area contributed by atoms with Gasteiger partial charge in [-0.2, -0.15) is 0 Å². The molecule has 5 nitrogen and oxygen atoms in total. The fourth-order valence-electron chi connectivity index (χ4n) is 2.63. The maximum atomic E-state index is 14.1. The number of aliphatic hydroxyl groups is 1. The van der Waals surface area contributed by atoms with Crippen LogP contribution in [-0.4, -0.2) is 35.2 Å². The third kappa shape index (κ3) is 3.94. The van der Waals surface area contributed by atoms with Crippen LogP contribution in [0.3, 0.4) is 0 Å². The summed E-state index contributed by atoms with van der Waals surface area (Å²) in [4.78, 5) is 14.2. The van der Waals surface area contributed by atoms with E-state index >= 15 is 0 Å². The van der Waals surface area contributed by atoms with Crippen LogP contribution < -0.4 is 5.32 Å². The Morgan fingerprint density at radius 1 is 1.33 bits per heavy atom. The Hall–Kier alpha value is -2.34. The molecule has 2 aromatic rings. The van der Waals surface area contributed by atoms with E-state index in [1.807, 2.05) is 0 Å². The number of hydrogen-bond donors (Lipinski definition) is 2. The first-order chi connectivity index (χ1) is 11.7. The second-order valence-corrected chi connectivity index (χ2v) is 5.96. The van der Waals surface area contributed by atoms with E-state index in [1.54, 1.807) is 35.4 Å². The molecule has 0 bridgehead atoms. The number of unbranched alkanes of at least 4 members (excludes halogenated alkanes) is 1. The highest BCUT2D eigenvalue weighted by atomic mass is 19.1. The maximum Gasteiger partial charge on any atom is 0.322 e. The zero-order valence-corrected chi connectivity index (χ0v) is 13.4. The maximum absolute atomic E-state index is 14.1. The highest BCUT2D eigenvalue weighted by Gasteiger charge is 2.32. The summed E-state index contributed by atoms with van der Waals surface area (Å²) in [5.41, 5.74) is 0.844. The molecule has 2 N–H and O–H groups in total. The Bertz CT molecular complexity index is 684. The smallest absolute Gasteiger partial charge is 0.322 e. The number of urea groups is 1. The minimum absolute atomic E-state index is 0.111. The molecule has 3 rings (SSSR count). The molecular weight excluding hydrogens is 311 g/mol. The molecular formula is C18H21FN2O3. The van der Waals surface area contributed by atoms with Crippen molar-refractivity contribution in [2.75, 3.05) is 18.5 Å². The van der Waals surface area contributed by atoms with Gasteiger partial charge in [-0.25, -0.2) is 9.18 Å². The van der Waals surface area contributed by atoms with Crippen molar-refractivity contribution in [1.29, 1.82) is 0 Å². The van der Waals surface area contributed by atoms with Crippen LogP contribution in [0.2, 0.25) is 0 Å². The number of carbonyl (C=O) groups excluding carboxylic acids is 1. The lowest BCUT2D eigenvalue weighted by Gasteiger charge is -2.23. The van der Waals surface area contributed by atoms with Crippen LogP contribution in [0.25, 0.3) is 11.3 Å². The van der Waals surface area contributed by atoms with Gasteiger partial charge in [0.15, 0.2) is 0 Å².